The highest BCUT2D eigenvalue weighted by Gasteiger charge is 2.42. The third kappa shape index (κ3) is 8.80. The number of carbonyl (C=O) groups is 1. The number of aromatic nitrogens is 4. The van der Waals surface area contributed by atoms with Crippen molar-refractivity contribution in [3.05, 3.63) is 79.9 Å². The van der Waals surface area contributed by atoms with Gasteiger partial charge in [0.2, 0.25) is 10.0 Å². The van der Waals surface area contributed by atoms with E-state index in [9.17, 15) is 36.4 Å². The van der Waals surface area contributed by atoms with Crippen molar-refractivity contribution in [1.82, 2.24) is 29.1 Å². The molecule has 1 amide bonds. The highest BCUT2D eigenvalue weighted by molar-refractivity contribution is 7.90. The molecule has 1 aliphatic heterocycles. The van der Waals surface area contributed by atoms with E-state index in [1.807, 2.05) is 11.8 Å². The van der Waals surface area contributed by atoms with E-state index in [4.69, 9.17) is 11.6 Å². The zero-order valence-corrected chi connectivity index (χ0v) is 34.8. The molecular formula is C41H40ClF3N8O4S2. The molecule has 0 atom stereocenters. The molecule has 2 aliphatic rings. The summed E-state index contributed by atoms with van der Waals surface area (Å²) in [5.74, 6) is 5.67. The molecule has 1 N–H and O–H groups in total. The van der Waals surface area contributed by atoms with Crippen LogP contribution in [0.2, 0.25) is 5.02 Å². The lowest BCUT2D eigenvalue weighted by Crippen LogP contribution is -2.52. The summed E-state index contributed by atoms with van der Waals surface area (Å²) >= 11 is 7.68. The highest BCUT2D eigenvalue weighted by Crippen LogP contribution is 2.41. The Labute approximate surface area is 348 Å². The number of hydrogen-bond donors (Lipinski definition) is 1. The van der Waals surface area contributed by atoms with Crippen molar-refractivity contribution in [2.45, 2.75) is 77.7 Å². The lowest BCUT2D eigenvalue weighted by Gasteiger charge is -2.47. The first kappa shape index (κ1) is 42.1. The van der Waals surface area contributed by atoms with E-state index in [2.05, 4.69) is 42.5 Å². The minimum Gasteiger partial charge on any atom is -0.353 e. The Morgan fingerprint density at radius 2 is 1.88 bits per heavy atom. The fourth-order valence-corrected chi connectivity index (χ4v) is 9.83. The van der Waals surface area contributed by atoms with Crippen molar-refractivity contribution in [2.24, 2.45) is 5.92 Å². The molecule has 0 spiro atoms. The normalized spacial score (nSPS) is 17.6. The number of benzene rings is 1. The summed E-state index contributed by atoms with van der Waals surface area (Å²) in [6.45, 7) is 7.00. The average Bonchev–Trinajstić information content (AvgIpc) is 3.63. The van der Waals surface area contributed by atoms with E-state index in [0.717, 1.165) is 25.9 Å². The Kier molecular flexibility index (Phi) is 12.0. The van der Waals surface area contributed by atoms with Gasteiger partial charge in [-0.15, -0.1) is 11.3 Å². The average molecular weight is 865 g/mol. The minimum atomic E-state index is -4.14. The summed E-state index contributed by atoms with van der Waals surface area (Å²) in [6.07, 6.45) is 0.766. The Morgan fingerprint density at radius 3 is 2.56 bits per heavy atom. The Morgan fingerprint density at radius 1 is 1.14 bits per heavy atom. The molecule has 7 rings (SSSR count). The number of hydrogen-bond acceptors (Lipinski definition) is 11. The number of anilines is 1. The number of pyridine rings is 2. The number of nitriles is 1. The third-order valence-electron chi connectivity index (χ3n) is 11.1. The van der Waals surface area contributed by atoms with Gasteiger partial charge in [-0.25, -0.2) is 23.1 Å². The molecule has 59 heavy (non-hydrogen) atoms. The molecule has 1 aromatic carbocycles. The van der Waals surface area contributed by atoms with Gasteiger partial charge < -0.3 is 9.80 Å². The third-order valence-corrected chi connectivity index (χ3v) is 13.6. The molecular weight excluding hydrogens is 825 g/mol. The topological polar surface area (TPSA) is 154 Å². The van der Waals surface area contributed by atoms with Crippen LogP contribution < -0.4 is 15.2 Å². The van der Waals surface area contributed by atoms with Gasteiger partial charge in [0.25, 0.3) is 11.5 Å². The largest absolute Gasteiger partial charge is 0.389 e. The van der Waals surface area contributed by atoms with Crippen LogP contribution in [0.15, 0.2) is 46.8 Å². The second-order valence-electron chi connectivity index (χ2n) is 14.8. The molecule has 1 saturated carbocycles. The van der Waals surface area contributed by atoms with Crippen molar-refractivity contribution in [3.63, 3.8) is 0 Å². The first-order chi connectivity index (χ1) is 28.1. The van der Waals surface area contributed by atoms with Crippen LogP contribution in [-0.4, -0.2) is 82.4 Å². The number of nitrogens with one attached hydrogen (secondary N) is 1. The van der Waals surface area contributed by atoms with E-state index in [-0.39, 0.29) is 46.8 Å². The van der Waals surface area contributed by atoms with Gasteiger partial charge in [0.15, 0.2) is 0 Å². The summed E-state index contributed by atoms with van der Waals surface area (Å²) in [7, 11) is -3.80. The summed E-state index contributed by atoms with van der Waals surface area (Å²) < 4.78 is 66.8. The molecule has 0 radical (unpaired) electrons. The monoisotopic (exact) mass is 864 g/mol. The maximum absolute atomic E-state index is 14.2. The number of alkyl halides is 3. The second-order valence-corrected chi connectivity index (χ2v) is 18.1. The molecule has 5 heterocycles. The lowest BCUT2D eigenvalue weighted by atomic mass is 9.76. The molecule has 2 fully saturated rings. The van der Waals surface area contributed by atoms with E-state index < -0.39 is 34.1 Å². The van der Waals surface area contributed by atoms with Gasteiger partial charge in [-0.2, -0.15) is 18.4 Å². The first-order valence-electron chi connectivity index (χ1n) is 19.2. The Hall–Kier alpha value is -5.07. The number of likely N-dealkylation sites (tertiary alicyclic amines) is 1. The standard InChI is InChI=1S/C41H40ClF3N8O4S2/c1-4-52(28-11-15-51(16-12-28)29-17-25(18-29)20-41(43,44)45)38-32(21-46)35-34(22-48-38)49-24(3)53(40(35)55)14-6-7-26-8-9-27(42)19-31(26)30-10-13-47-36-33(23-58-37(30)36)39(54)50-59(56,57)5-2/h8-10,13,19,22-23,25,28-29H,4-5,11-12,14-18,20H2,1-3H3,(H,50,54). The fourth-order valence-electron chi connectivity index (χ4n) is 8.09. The van der Waals surface area contributed by atoms with Crippen LogP contribution in [0, 0.1) is 36.0 Å². The Balaban J connectivity index is 1.14. The van der Waals surface area contributed by atoms with Gasteiger partial charge >= 0.3 is 6.18 Å². The molecule has 1 saturated heterocycles. The number of halogens is 4. The molecule has 4 aromatic heterocycles. The molecule has 5 aromatic rings. The summed E-state index contributed by atoms with van der Waals surface area (Å²) in [4.78, 5) is 45.1. The van der Waals surface area contributed by atoms with E-state index >= 15 is 0 Å². The first-order valence-corrected chi connectivity index (χ1v) is 22.1. The lowest BCUT2D eigenvalue weighted by molar-refractivity contribution is -0.155. The van der Waals surface area contributed by atoms with Crippen molar-refractivity contribution in [3.8, 4) is 29.0 Å². The summed E-state index contributed by atoms with van der Waals surface area (Å²) in [5, 5.41) is 12.6. The number of nitrogens with zero attached hydrogens (tertiary/aromatic N) is 7. The van der Waals surface area contributed by atoms with Crippen LogP contribution in [-0.2, 0) is 16.6 Å². The maximum atomic E-state index is 14.2. The molecule has 0 unspecified atom stereocenters. The zero-order valence-electron chi connectivity index (χ0n) is 32.4. The number of sulfonamides is 1. The van der Waals surface area contributed by atoms with Crippen LogP contribution in [0.4, 0.5) is 19.0 Å². The van der Waals surface area contributed by atoms with Gasteiger partial charge in [-0.3, -0.25) is 19.1 Å². The number of rotatable bonds is 10. The highest BCUT2D eigenvalue weighted by atomic mass is 35.5. The van der Waals surface area contributed by atoms with Gasteiger partial charge in [0.05, 0.1) is 45.2 Å². The van der Waals surface area contributed by atoms with E-state index in [0.29, 0.717) is 68.5 Å². The van der Waals surface area contributed by atoms with Crippen LogP contribution in [0.3, 0.4) is 0 Å². The molecule has 0 bridgehead atoms. The minimum absolute atomic E-state index is 0.0242. The Bertz CT molecular complexity index is 2720. The maximum Gasteiger partial charge on any atom is 0.389 e. The predicted octanol–water partition coefficient (Wildman–Crippen LogP) is 7.05. The van der Waals surface area contributed by atoms with Crippen LogP contribution in [0.1, 0.15) is 73.3 Å². The fraction of sp³-hybridized carbons (Fsp3) is 0.415. The second kappa shape index (κ2) is 16.9. The molecule has 1 aliphatic carbocycles. The van der Waals surface area contributed by atoms with Crippen LogP contribution >= 0.6 is 22.9 Å². The van der Waals surface area contributed by atoms with Gasteiger partial charge in [0, 0.05) is 71.4 Å². The number of thiophene rings is 1. The number of fused-ring (bicyclic) bond motifs is 2. The zero-order chi connectivity index (χ0) is 42.2. The van der Waals surface area contributed by atoms with Gasteiger partial charge in [-0.05, 0) is 76.6 Å². The molecule has 18 heteroatoms. The number of aryl methyl sites for hydroxylation is 1. The van der Waals surface area contributed by atoms with E-state index in [1.54, 1.807) is 36.6 Å². The van der Waals surface area contributed by atoms with Crippen molar-refractivity contribution < 1.29 is 26.4 Å². The predicted molar refractivity (Wildman–Crippen MR) is 222 cm³/mol. The van der Waals surface area contributed by atoms with Crippen molar-refractivity contribution in [2.75, 3.05) is 30.3 Å². The summed E-state index contributed by atoms with van der Waals surface area (Å²) in [6, 6.07) is 9.33. The quantitative estimate of drug-likeness (QED) is 0.145. The number of amides is 1. The van der Waals surface area contributed by atoms with Crippen LogP contribution in [0.5, 0.6) is 0 Å². The number of piperidine rings is 1. The smallest absolute Gasteiger partial charge is 0.353 e. The van der Waals surface area contributed by atoms with Gasteiger partial charge in [0.1, 0.15) is 23.3 Å². The van der Waals surface area contributed by atoms with Crippen molar-refractivity contribution in [1.29, 1.82) is 5.26 Å². The number of carbonyl (C=O) groups excluding carboxylic acids is 1. The molecule has 12 nitrogen and oxygen atoms in total. The van der Waals surface area contributed by atoms with Crippen LogP contribution in [0.25, 0.3) is 32.2 Å². The molecule has 308 valence electrons. The SMILES string of the molecule is CCN(c1ncc2nc(C)n(CC#Cc3ccc(Cl)cc3-c3ccnc4c(C(=O)NS(=O)(=O)CC)csc34)c(=O)c2c1C#N)C1CCN(C2CC(CC(F)(F)F)C2)CC1. The van der Waals surface area contributed by atoms with Crippen molar-refractivity contribution >= 4 is 65.8 Å². The van der Waals surface area contributed by atoms with E-state index in [1.165, 1.54) is 35.2 Å². The summed E-state index contributed by atoms with van der Waals surface area (Å²) in [5.41, 5.74) is 2.30. The van der Waals surface area contributed by atoms with Gasteiger partial charge in [-0.1, -0.05) is 23.4 Å².